The summed E-state index contributed by atoms with van der Waals surface area (Å²) in [5.74, 6) is 0.120. The molecule has 5 nitrogen and oxygen atoms in total. The van der Waals surface area contributed by atoms with Crippen molar-refractivity contribution < 1.29 is 14.3 Å². The van der Waals surface area contributed by atoms with Gasteiger partial charge >= 0.3 is 6.09 Å². The molecule has 0 radical (unpaired) electrons. The molecule has 1 fully saturated rings. The van der Waals surface area contributed by atoms with E-state index in [-0.39, 0.29) is 18.0 Å². The molecule has 0 aromatic carbocycles. The Hall–Kier alpha value is -1.56. The molecular formula is C16H24N2O3S. The summed E-state index contributed by atoms with van der Waals surface area (Å²) in [5, 5.41) is 3.98. The van der Waals surface area contributed by atoms with Crippen LogP contribution in [0.2, 0.25) is 0 Å². The zero-order chi connectivity index (χ0) is 16.3. The van der Waals surface area contributed by atoms with E-state index in [1.165, 1.54) is 0 Å². The molecule has 1 aliphatic rings. The zero-order valence-corrected chi connectivity index (χ0v) is 14.5. The summed E-state index contributed by atoms with van der Waals surface area (Å²) in [7, 11) is 0. The molecular weight excluding hydrogens is 300 g/mol. The Morgan fingerprint density at radius 2 is 2.09 bits per heavy atom. The molecule has 1 saturated heterocycles. The number of ether oxygens (including phenoxy) is 1. The SMILES string of the molecule is CC1CN(C(=O)Cc2ccsc2)CCN1C(=O)OC(C)(C)C. The fraction of sp³-hybridized carbons (Fsp3) is 0.625. The van der Waals surface area contributed by atoms with Crippen molar-refractivity contribution in [3.8, 4) is 0 Å². The predicted octanol–water partition coefficient (Wildman–Crippen LogP) is 2.76. The fourth-order valence-electron chi connectivity index (χ4n) is 2.46. The predicted molar refractivity (Wildman–Crippen MR) is 87.0 cm³/mol. The minimum Gasteiger partial charge on any atom is -0.444 e. The Kier molecular flexibility index (Phi) is 5.11. The van der Waals surface area contributed by atoms with Gasteiger partial charge in [-0.05, 0) is 50.1 Å². The third kappa shape index (κ3) is 4.47. The van der Waals surface area contributed by atoms with Crippen LogP contribution < -0.4 is 0 Å². The van der Waals surface area contributed by atoms with Crippen LogP contribution in [0, 0.1) is 0 Å². The van der Waals surface area contributed by atoms with E-state index in [9.17, 15) is 9.59 Å². The van der Waals surface area contributed by atoms with Crippen molar-refractivity contribution >= 4 is 23.3 Å². The average Bonchev–Trinajstić information content (AvgIpc) is 2.89. The largest absolute Gasteiger partial charge is 0.444 e. The van der Waals surface area contributed by atoms with Gasteiger partial charge in [0, 0.05) is 25.7 Å². The summed E-state index contributed by atoms with van der Waals surface area (Å²) in [6.07, 6.45) is 0.132. The smallest absolute Gasteiger partial charge is 0.410 e. The molecule has 0 spiro atoms. The van der Waals surface area contributed by atoms with Crippen molar-refractivity contribution in [2.75, 3.05) is 19.6 Å². The van der Waals surface area contributed by atoms with E-state index in [2.05, 4.69) is 0 Å². The van der Waals surface area contributed by atoms with Gasteiger partial charge in [0.25, 0.3) is 0 Å². The van der Waals surface area contributed by atoms with Gasteiger partial charge in [-0.25, -0.2) is 4.79 Å². The van der Waals surface area contributed by atoms with E-state index < -0.39 is 5.60 Å². The summed E-state index contributed by atoms with van der Waals surface area (Å²) >= 11 is 1.60. The van der Waals surface area contributed by atoms with Gasteiger partial charge in [0.1, 0.15) is 5.60 Å². The van der Waals surface area contributed by atoms with Crippen LogP contribution in [0.3, 0.4) is 0 Å². The van der Waals surface area contributed by atoms with Crippen molar-refractivity contribution in [3.05, 3.63) is 22.4 Å². The topological polar surface area (TPSA) is 49.9 Å². The lowest BCUT2D eigenvalue weighted by Crippen LogP contribution is -2.56. The summed E-state index contributed by atoms with van der Waals surface area (Å²) in [5.41, 5.74) is 0.556. The minimum atomic E-state index is -0.497. The molecule has 0 N–H and O–H groups in total. The molecule has 2 rings (SSSR count). The van der Waals surface area contributed by atoms with Crippen LogP contribution in [-0.2, 0) is 16.0 Å². The molecule has 1 unspecified atom stereocenters. The maximum absolute atomic E-state index is 12.3. The second kappa shape index (κ2) is 6.69. The van der Waals surface area contributed by atoms with Crippen LogP contribution in [0.5, 0.6) is 0 Å². The fourth-order valence-corrected chi connectivity index (χ4v) is 3.12. The van der Waals surface area contributed by atoms with Gasteiger partial charge in [-0.3, -0.25) is 4.79 Å². The zero-order valence-electron chi connectivity index (χ0n) is 13.7. The molecule has 0 saturated carbocycles. The summed E-state index contributed by atoms with van der Waals surface area (Å²) in [4.78, 5) is 28.0. The van der Waals surface area contributed by atoms with Gasteiger partial charge in [-0.15, -0.1) is 0 Å². The van der Waals surface area contributed by atoms with E-state index in [0.29, 0.717) is 26.1 Å². The number of carbonyl (C=O) groups is 2. The average molecular weight is 324 g/mol. The van der Waals surface area contributed by atoms with E-state index in [0.717, 1.165) is 5.56 Å². The first-order chi connectivity index (χ1) is 10.3. The quantitative estimate of drug-likeness (QED) is 0.840. The van der Waals surface area contributed by atoms with E-state index in [4.69, 9.17) is 4.74 Å². The number of hydrogen-bond acceptors (Lipinski definition) is 4. The second-order valence-electron chi connectivity index (χ2n) is 6.67. The highest BCUT2D eigenvalue weighted by atomic mass is 32.1. The standard InChI is InChI=1S/C16H24N2O3S/c1-12-10-17(14(19)9-13-5-8-22-11-13)6-7-18(12)15(20)21-16(2,3)4/h5,8,11-12H,6-7,9-10H2,1-4H3. The highest BCUT2D eigenvalue weighted by Crippen LogP contribution is 2.17. The molecule has 6 heteroatoms. The Morgan fingerprint density at radius 1 is 1.36 bits per heavy atom. The first-order valence-corrected chi connectivity index (χ1v) is 8.49. The van der Waals surface area contributed by atoms with Gasteiger partial charge < -0.3 is 14.5 Å². The van der Waals surface area contributed by atoms with Gasteiger partial charge in [0.05, 0.1) is 6.42 Å². The molecule has 122 valence electrons. The molecule has 2 amide bonds. The molecule has 1 aliphatic heterocycles. The second-order valence-corrected chi connectivity index (χ2v) is 7.45. The molecule has 1 atom stereocenters. The van der Waals surface area contributed by atoms with Crippen LogP contribution in [0.15, 0.2) is 16.8 Å². The molecule has 0 bridgehead atoms. The van der Waals surface area contributed by atoms with Crippen LogP contribution in [-0.4, -0.2) is 53.1 Å². The van der Waals surface area contributed by atoms with Gasteiger partial charge in [-0.1, -0.05) is 0 Å². The molecule has 22 heavy (non-hydrogen) atoms. The lowest BCUT2D eigenvalue weighted by Gasteiger charge is -2.40. The summed E-state index contributed by atoms with van der Waals surface area (Å²) < 4.78 is 5.41. The lowest BCUT2D eigenvalue weighted by molar-refractivity contribution is -0.133. The van der Waals surface area contributed by atoms with Crippen molar-refractivity contribution in [1.29, 1.82) is 0 Å². The maximum Gasteiger partial charge on any atom is 0.410 e. The summed E-state index contributed by atoms with van der Waals surface area (Å²) in [6.45, 7) is 9.16. The van der Waals surface area contributed by atoms with Crippen LogP contribution in [0.25, 0.3) is 0 Å². The monoisotopic (exact) mass is 324 g/mol. The third-order valence-electron chi connectivity index (χ3n) is 3.54. The maximum atomic E-state index is 12.3. The number of amides is 2. The number of hydrogen-bond donors (Lipinski definition) is 0. The summed E-state index contributed by atoms with van der Waals surface area (Å²) in [6, 6.07) is 1.94. The van der Waals surface area contributed by atoms with Crippen LogP contribution in [0.4, 0.5) is 4.79 Å². The number of thiophene rings is 1. The van der Waals surface area contributed by atoms with E-state index in [1.54, 1.807) is 16.2 Å². The number of carbonyl (C=O) groups excluding carboxylic acids is 2. The number of nitrogens with zero attached hydrogens (tertiary/aromatic N) is 2. The molecule has 2 heterocycles. The van der Waals surface area contributed by atoms with Crippen molar-refractivity contribution in [2.24, 2.45) is 0 Å². The van der Waals surface area contributed by atoms with Gasteiger partial charge in [0.15, 0.2) is 0 Å². The molecule has 1 aromatic heterocycles. The van der Waals surface area contributed by atoms with Crippen molar-refractivity contribution in [2.45, 2.75) is 45.8 Å². The first-order valence-electron chi connectivity index (χ1n) is 7.55. The van der Waals surface area contributed by atoms with Crippen molar-refractivity contribution in [1.82, 2.24) is 9.80 Å². The van der Waals surface area contributed by atoms with Crippen LogP contribution >= 0.6 is 11.3 Å². The number of piperazine rings is 1. The first kappa shape index (κ1) is 16.8. The Morgan fingerprint density at radius 3 is 2.64 bits per heavy atom. The third-order valence-corrected chi connectivity index (χ3v) is 4.28. The Bertz CT molecular complexity index is 522. The normalized spacial score (nSPS) is 19.2. The van der Waals surface area contributed by atoms with Crippen molar-refractivity contribution in [3.63, 3.8) is 0 Å². The van der Waals surface area contributed by atoms with Gasteiger partial charge in [-0.2, -0.15) is 11.3 Å². The van der Waals surface area contributed by atoms with Crippen LogP contribution in [0.1, 0.15) is 33.3 Å². The van der Waals surface area contributed by atoms with Gasteiger partial charge in [0.2, 0.25) is 5.91 Å². The highest BCUT2D eigenvalue weighted by molar-refractivity contribution is 7.07. The Balaban J connectivity index is 1.89. The molecule has 0 aliphatic carbocycles. The highest BCUT2D eigenvalue weighted by Gasteiger charge is 2.32. The van der Waals surface area contributed by atoms with E-state index >= 15 is 0 Å². The lowest BCUT2D eigenvalue weighted by atomic mass is 10.1. The molecule has 1 aromatic rings. The Labute approximate surface area is 135 Å². The van der Waals surface area contributed by atoms with E-state index in [1.807, 2.05) is 49.4 Å². The number of rotatable bonds is 2. The minimum absolute atomic E-state index is 0.0324.